The number of likely N-dealkylation sites (tertiary alicyclic amines) is 1. The maximum atomic E-state index is 12.4. The van der Waals surface area contributed by atoms with Gasteiger partial charge in [0.05, 0.1) is 6.04 Å². The Labute approximate surface area is 110 Å². The van der Waals surface area contributed by atoms with Crippen LogP contribution in [-0.4, -0.2) is 74.1 Å². The summed E-state index contributed by atoms with van der Waals surface area (Å²) >= 11 is 0. The number of rotatable bonds is 2. The first-order valence-corrected chi connectivity index (χ1v) is 7.00. The van der Waals surface area contributed by atoms with Crippen molar-refractivity contribution in [3.05, 3.63) is 0 Å². The highest BCUT2D eigenvalue weighted by molar-refractivity contribution is 5.82. The summed E-state index contributed by atoms with van der Waals surface area (Å²) in [6, 6.07) is 0.774. The summed E-state index contributed by atoms with van der Waals surface area (Å²) in [4.78, 5) is 16.7. The van der Waals surface area contributed by atoms with E-state index in [1.807, 2.05) is 11.9 Å². The molecule has 104 valence electrons. The Kier molecular flexibility index (Phi) is 4.59. The SMILES string of the molecule is CC1CNC(C(=O)N(C)C2CCCN(C)C2)CN1. The lowest BCUT2D eigenvalue weighted by atomic mass is 10.0. The molecular weight excluding hydrogens is 228 g/mol. The average molecular weight is 254 g/mol. The standard InChI is InChI=1S/C13H26N4O/c1-10-7-15-12(8-14-10)13(18)17(3)11-5-4-6-16(2)9-11/h10-12,14-15H,4-9H2,1-3H3. The molecule has 1 amide bonds. The molecule has 0 aliphatic carbocycles. The third-order valence-corrected chi connectivity index (χ3v) is 4.13. The second kappa shape index (κ2) is 5.99. The van der Waals surface area contributed by atoms with Crippen molar-refractivity contribution in [3.63, 3.8) is 0 Å². The summed E-state index contributed by atoms with van der Waals surface area (Å²) in [6.45, 7) is 5.90. The highest BCUT2D eigenvalue weighted by Crippen LogP contribution is 2.14. The van der Waals surface area contributed by atoms with Gasteiger partial charge in [0.2, 0.25) is 5.91 Å². The lowest BCUT2D eigenvalue weighted by Crippen LogP contribution is -2.61. The highest BCUT2D eigenvalue weighted by atomic mass is 16.2. The number of hydrogen-bond donors (Lipinski definition) is 2. The van der Waals surface area contributed by atoms with Gasteiger partial charge in [-0.1, -0.05) is 0 Å². The van der Waals surface area contributed by atoms with Gasteiger partial charge in [0.25, 0.3) is 0 Å². The third-order valence-electron chi connectivity index (χ3n) is 4.13. The van der Waals surface area contributed by atoms with Gasteiger partial charge < -0.3 is 20.4 Å². The molecule has 3 unspecified atom stereocenters. The van der Waals surface area contributed by atoms with Crippen molar-refractivity contribution in [3.8, 4) is 0 Å². The Bertz CT molecular complexity index is 289. The fraction of sp³-hybridized carbons (Fsp3) is 0.923. The van der Waals surface area contributed by atoms with Gasteiger partial charge in [-0.05, 0) is 33.4 Å². The third kappa shape index (κ3) is 3.22. The van der Waals surface area contributed by atoms with Crippen LogP contribution in [0.2, 0.25) is 0 Å². The zero-order valence-electron chi connectivity index (χ0n) is 11.8. The molecule has 5 nitrogen and oxygen atoms in total. The molecule has 2 aliphatic heterocycles. The zero-order valence-corrected chi connectivity index (χ0v) is 11.8. The predicted molar refractivity (Wildman–Crippen MR) is 72.5 cm³/mol. The molecular formula is C13H26N4O. The van der Waals surface area contributed by atoms with Crippen molar-refractivity contribution in [2.24, 2.45) is 0 Å². The van der Waals surface area contributed by atoms with Gasteiger partial charge in [0.1, 0.15) is 0 Å². The van der Waals surface area contributed by atoms with Crippen LogP contribution in [0.3, 0.4) is 0 Å². The predicted octanol–water partition coefficient (Wildman–Crippen LogP) is -0.511. The molecule has 0 radical (unpaired) electrons. The van der Waals surface area contributed by atoms with E-state index in [2.05, 4.69) is 29.5 Å². The minimum absolute atomic E-state index is 0.0570. The van der Waals surface area contributed by atoms with Crippen LogP contribution < -0.4 is 10.6 Å². The van der Waals surface area contributed by atoms with Crippen molar-refractivity contribution in [2.75, 3.05) is 40.3 Å². The summed E-state index contributed by atoms with van der Waals surface area (Å²) in [7, 11) is 4.08. The van der Waals surface area contributed by atoms with Gasteiger partial charge in [0.15, 0.2) is 0 Å². The van der Waals surface area contributed by atoms with Gasteiger partial charge in [-0.25, -0.2) is 0 Å². The fourth-order valence-electron chi connectivity index (χ4n) is 2.84. The van der Waals surface area contributed by atoms with E-state index >= 15 is 0 Å². The molecule has 2 rings (SSSR count). The van der Waals surface area contributed by atoms with E-state index in [1.165, 1.54) is 6.42 Å². The zero-order chi connectivity index (χ0) is 13.1. The Morgan fingerprint density at radius 2 is 2.11 bits per heavy atom. The summed E-state index contributed by atoms with van der Waals surface area (Å²) in [5.74, 6) is 0.231. The first-order chi connectivity index (χ1) is 8.58. The molecule has 18 heavy (non-hydrogen) atoms. The molecule has 5 heteroatoms. The number of hydrogen-bond acceptors (Lipinski definition) is 4. The number of carbonyl (C=O) groups excluding carboxylic acids is 1. The van der Waals surface area contributed by atoms with Crippen molar-refractivity contribution < 1.29 is 4.79 Å². The molecule has 0 aromatic heterocycles. The van der Waals surface area contributed by atoms with E-state index in [4.69, 9.17) is 0 Å². The second-order valence-corrected chi connectivity index (χ2v) is 5.78. The van der Waals surface area contributed by atoms with E-state index in [0.29, 0.717) is 12.1 Å². The fourth-order valence-corrected chi connectivity index (χ4v) is 2.84. The smallest absolute Gasteiger partial charge is 0.241 e. The van der Waals surface area contributed by atoms with Gasteiger partial charge in [0, 0.05) is 38.8 Å². The van der Waals surface area contributed by atoms with E-state index in [1.54, 1.807) is 0 Å². The van der Waals surface area contributed by atoms with E-state index in [-0.39, 0.29) is 11.9 Å². The normalized spacial score (nSPS) is 34.3. The van der Waals surface area contributed by atoms with Crippen molar-refractivity contribution in [1.82, 2.24) is 20.4 Å². The van der Waals surface area contributed by atoms with E-state index in [9.17, 15) is 4.79 Å². The van der Waals surface area contributed by atoms with Crippen LogP contribution in [0.5, 0.6) is 0 Å². The Morgan fingerprint density at radius 1 is 1.33 bits per heavy atom. The number of piperazine rings is 1. The molecule has 2 saturated heterocycles. The molecule has 0 bridgehead atoms. The first kappa shape index (κ1) is 13.8. The van der Waals surface area contributed by atoms with Crippen LogP contribution in [0.4, 0.5) is 0 Å². The van der Waals surface area contributed by atoms with Crippen LogP contribution in [0.25, 0.3) is 0 Å². The molecule has 0 spiro atoms. The Morgan fingerprint density at radius 3 is 2.72 bits per heavy atom. The van der Waals surface area contributed by atoms with Crippen molar-refractivity contribution >= 4 is 5.91 Å². The van der Waals surface area contributed by atoms with Gasteiger partial charge in [-0.3, -0.25) is 4.79 Å². The minimum atomic E-state index is -0.0570. The second-order valence-electron chi connectivity index (χ2n) is 5.78. The number of carbonyl (C=O) groups is 1. The molecule has 3 atom stereocenters. The molecule has 2 aliphatic rings. The van der Waals surface area contributed by atoms with Crippen molar-refractivity contribution in [1.29, 1.82) is 0 Å². The minimum Gasteiger partial charge on any atom is -0.340 e. The maximum absolute atomic E-state index is 12.4. The lowest BCUT2D eigenvalue weighted by molar-refractivity contribution is -0.135. The molecule has 0 aromatic carbocycles. The number of amides is 1. The number of nitrogens with one attached hydrogen (secondary N) is 2. The quantitative estimate of drug-likeness (QED) is 0.697. The number of piperidine rings is 1. The summed E-state index contributed by atoms with van der Waals surface area (Å²) in [5.41, 5.74) is 0. The van der Waals surface area contributed by atoms with Crippen LogP contribution in [0.1, 0.15) is 19.8 Å². The monoisotopic (exact) mass is 254 g/mol. The molecule has 0 aromatic rings. The number of nitrogens with zero attached hydrogens (tertiary/aromatic N) is 2. The highest BCUT2D eigenvalue weighted by Gasteiger charge is 2.30. The summed E-state index contributed by atoms with van der Waals surface area (Å²) in [5, 5.41) is 6.69. The van der Waals surface area contributed by atoms with Gasteiger partial charge in [-0.2, -0.15) is 0 Å². The van der Waals surface area contributed by atoms with Gasteiger partial charge >= 0.3 is 0 Å². The van der Waals surface area contributed by atoms with Crippen LogP contribution in [-0.2, 0) is 4.79 Å². The lowest BCUT2D eigenvalue weighted by Gasteiger charge is -2.38. The topological polar surface area (TPSA) is 47.6 Å². The average Bonchev–Trinajstić information content (AvgIpc) is 2.38. The maximum Gasteiger partial charge on any atom is 0.241 e. The Hall–Kier alpha value is -0.650. The Balaban J connectivity index is 1.87. The van der Waals surface area contributed by atoms with Crippen LogP contribution in [0.15, 0.2) is 0 Å². The van der Waals surface area contributed by atoms with E-state index < -0.39 is 0 Å². The van der Waals surface area contributed by atoms with Crippen LogP contribution >= 0.6 is 0 Å². The molecule has 2 fully saturated rings. The first-order valence-electron chi connectivity index (χ1n) is 7.00. The van der Waals surface area contributed by atoms with Crippen molar-refractivity contribution in [2.45, 2.75) is 37.9 Å². The van der Waals surface area contributed by atoms with E-state index in [0.717, 1.165) is 32.6 Å². The summed E-state index contributed by atoms with van der Waals surface area (Å²) in [6.07, 6.45) is 2.31. The van der Waals surface area contributed by atoms with Crippen LogP contribution in [0, 0.1) is 0 Å². The molecule has 0 saturated carbocycles. The summed E-state index contributed by atoms with van der Waals surface area (Å²) < 4.78 is 0. The van der Waals surface area contributed by atoms with Gasteiger partial charge in [-0.15, -0.1) is 0 Å². The number of likely N-dealkylation sites (N-methyl/N-ethyl adjacent to an activating group) is 2. The molecule has 2 N–H and O–H groups in total. The molecule has 2 heterocycles. The largest absolute Gasteiger partial charge is 0.340 e.